The monoisotopic (exact) mass is 272 g/mol. The predicted molar refractivity (Wildman–Crippen MR) is 59.8 cm³/mol. The third-order valence-electron chi connectivity index (χ3n) is 2.22. The Kier molecular flexibility index (Phi) is 6.10. The van der Waals surface area contributed by atoms with E-state index in [0.29, 0.717) is 6.42 Å². The topological polar surface area (TPSA) is 26.3 Å². The second-order valence-corrected chi connectivity index (χ2v) is 5.80. The molecule has 0 spiro atoms. The molecule has 0 aromatic rings. The highest BCUT2D eigenvalue weighted by Crippen LogP contribution is 2.27. The minimum atomic E-state index is -4.27. The van der Waals surface area contributed by atoms with E-state index in [2.05, 4.69) is 4.74 Å². The van der Waals surface area contributed by atoms with Gasteiger partial charge in [0, 0.05) is 6.42 Å². The van der Waals surface area contributed by atoms with Crippen molar-refractivity contribution in [1.82, 2.24) is 0 Å². The summed E-state index contributed by atoms with van der Waals surface area (Å²) in [6, 6.07) is 0. The van der Waals surface area contributed by atoms with Gasteiger partial charge in [0.1, 0.15) is 0 Å². The van der Waals surface area contributed by atoms with Gasteiger partial charge in [0.2, 0.25) is 0 Å². The maximum absolute atomic E-state index is 12.5. The zero-order valence-corrected chi connectivity index (χ0v) is 11.1. The van der Waals surface area contributed by atoms with Gasteiger partial charge in [-0.1, -0.05) is 27.7 Å². The van der Waals surface area contributed by atoms with Crippen LogP contribution < -0.4 is 0 Å². The lowest BCUT2D eigenvalue weighted by Gasteiger charge is -2.23. The lowest BCUT2D eigenvalue weighted by molar-refractivity contribution is -0.180. The van der Waals surface area contributed by atoms with Crippen molar-refractivity contribution in [2.75, 3.05) is 6.61 Å². The quantitative estimate of drug-likeness (QED) is 0.541. The maximum Gasteiger partial charge on any atom is 0.340 e. The van der Waals surface area contributed by atoms with E-state index >= 15 is 0 Å². The molecule has 0 aromatic heterocycles. The Morgan fingerprint density at radius 3 is 2.11 bits per heavy atom. The van der Waals surface area contributed by atoms with E-state index in [1.165, 1.54) is 0 Å². The minimum absolute atomic E-state index is 0.00655. The molecule has 0 saturated carbocycles. The molecule has 0 radical (unpaired) electrons. The summed E-state index contributed by atoms with van der Waals surface area (Å²) in [6.07, 6.45) is -3.15. The van der Waals surface area contributed by atoms with Crippen LogP contribution in [0.5, 0.6) is 0 Å². The number of alkyl halides is 4. The SMILES string of the molecule is CC(CC(=O)OCC(F)(F)C(F)F)CC(C)(C)C. The molecule has 108 valence electrons. The van der Waals surface area contributed by atoms with Crippen LogP contribution in [0.3, 0.4) is 0 Å². The van der Waals surface area contributed by atoms with Crippen LogP contribution in [-0.4, -0.2) is 24.9 Å². The van der Waals surface area contributed by atoms with E-state index < -0.39 is 24.9 Å². The fourth-order valence-corrected chi connectivity index (χ4v) is 1.70. The number of hydrogen-bond acceptors (Lipinski definition) is 2. The van der Waals surface area contributed by atoms with Crippen LogP contribution in [0.2, 0.25) is 0 Å². The summed E-state index contributed by atoms with van der Waals surface area (Å²) in [7, 11) is 0. The average Bonchev–Trinajstić information content (AvgIpc) is 2.11. The van der Waals surface area contributed by atoms with Crippen molar-refractivity contribution in [3.05, 3.63) is 0 Å². The summed E-state index contributed by atoms with van der Waals surface area (Å²) in [6.45, 7) is 6.18. The molecule has 1 unspecified atom stereocenters. The van der Waals surface area contributed by atoms with Crippen molar-refractivity contribution in [1.29, 1.82) is 0 Å². The fourth-order valence-electron chi connectivity index (χ4n) is 1.70. The summed E-state index contributed by atoms with van der Waals surface area (Å²) in [5.74, 6) is -5.19. The summed E-state index contributed by atoms with van der Waals surface area (Å²) >= 11 is 0. The van der Waals surface area contributed by atoms with Crippen molar-refractivity contribution >= 4 is 5.97 Å². The van der Waals surface area contributed by atoms with Crippen LogP contribution in [0, 0.1) is 11.3 Å². The van der Waals surface area contributed by atoms with Gasteiger partial charge in [-0.2, -0.15) is 8.78 Å². The van der Waals surface area contributed by atoms with E-state index in [4.69, 9.17) is 0 Å². The lowest BCUT2D eigenvalue weighted by atomic mass is 9.84. The highest BCUT2D eigenvalue weighted by molar-refractivity contribution is 5.69. The zero-order chi connectivity index (χ0) is 14.6. The van der Waals surface area contributed by atoms with Gasteiger partial charge in [-0.25, -0.2) is 8.78 Å². The predicted octanol–water partition coefficient (Wildman–Crippen LogP) is 3.89. The van der Waals surface area contributed by atoms with Gasteiger partial charge >= 0.3 is 18.3 Å². The first-order chi connectivity index (χ1) is 7.94. The highest BCUT2D eigenvalue weighted by atomic mass is 19.3. The molecule has 2 nitrogen and oxygen atoms in total. The first-order valence-electron chi connectivity index (χ1n) is 5.75. The number of carbonyl (C=O) groups excluding carboxylic acids is 1. The summed E-state index contributed by atoms with van der Waals surface area (Å²) < 4.78 is 52.8. The molecule has 0 aliphatic carbocycles. The molecule has 0 bridgehead atoms. The molecule has 1 atom stereocenters. The molecule has 0 amide bonds. The largest absolute Gasteiger partial charge is 0.459 e. The first kappa shape index (κ1) is 17.2. The number of halogens is 4. The minimum Gasteiger partial charge on any atom is -0.459 e. The van der Waals surface area contributed by atoms with Gasteiger partial charge in [0.25, 0.3) is 0 Å². The Morgan fingerprint density at radius 2 is 1.72 bits per heavy atom. The van der Waals surface area contributed by atoms with Gasteiger partial charge < -0.3 is 4.74 Å². The molecule has 0 N–H and O–H groups in total. The molecule has 0 aromatic carbocycles. The summed E-state index contributed by atoms with van der Waals surface area (Å²) in [5.41, 5.74) is 0.00655. The summed E-state index contributed by atoms with van der Waals surface area (Å²) in [4.78, 5) is 11.2. The molecule has 0 aliphatic heterocycles. The standard InChI is InChI=1S/C12H20F4O2/c1-8(6-11(2,3)4)5-9(17)18-7-12(15,16)10(13)14/h8,10H,5-7H2,1-4H3. The molecule has 0 heterocycles. The second kappa shape index (κ2) is 6.38. The van der Waals surface area contributed by atoms with Gasteiger partial charge in [-0.15, -0.1) is 0 Å². The third-order valence-corrected chi connectivity index (χ3v) is 2.22. The van der Waals surface area contributed by atoms with Crippen molar-refractivity contribution < 1.29 is 27.1 Å². The Labute approximate surface area is 105 Å². The number of carbonyl (C=O) groups is 1. The van der Waals surface area contributed by atoms with Crippen molar-refractivity contribution in [2.45, 2.75) is 52.9 Å². The number of rotatable bonds is 6. The van der Waals surface area contributed by atoms with E-state index in [0.717, 1.165) is 0 Å². The van der Waals surface area contributed by atoms with E-state index in [1.54, 1.807) is 6.92 Å². The molecular formula is C12H20F4O2. The average molecular weight is 272 g/mol. The summed E-state index contributed by atoms with van der Waals surface area (Å²) in [5, 5.41) is 0. The first-order valence-corrected chi connectivity index (χ1v) is 5.75. The van der Waals surface area contributed by atoms with Crippen LogP contribution in [0.25, 0.3) is 0 Å². The van der Waals surface area contributed by atoms with Crippen molar-refractivity contribution in [3.8, 4) is 0 Å². The molecule has 0 rings (SSSR count). The highest BCUT2D eigenvalue weighted by Gasteiger charge is 2.42. The maximum atomic E-state index is 12.5. The molecule has 0 fully saturated rings. The molecular weight excluding hydrogens is 252 g/mol. The Morgan fingerprint density at radius 1 is 1.22 bits per heavy atom. The fraction of sp³-hybridized carbons (Fsp3) is 0.917. The Bertz CT molecular complexity index is 272. The number of hydrogen-bond donors (Lipinski definition) is 0. The van der Waals surface area contributed by atoms with Crippen molar-refractivity contribution in [3.63, 3.8) is 0 Å². The Balaban J connectivity index is 4.06. The van der Waals surface area contributed by atoms with Crippen LogP contribution in [-0.2, 0) is 9.53 Å². The zero-order valence-electron chi connectivity index (χ0n) is 11.1. The van der Waals surface area contributed by atoms with Crippen LogP contribution >= 0.6 is 0 Å². The van der Waals surface area contributed by atoms with Gasteiger partial charge in [-0.05, 0) is 17.8 Å². The molecule has 18 heavy (non-hydrogen) atoms. The van der Waals surface area contributed by atoms with E-state index in [9.17, 15) is 22.4 Å². The van der Waals surface area contributed by atoms with E-state index in [-0.39, 0.29) is 17.8 Å². The molecule has 0 aliphatic rings. The van der Waals surface area contributed by atoms with Gasteiger partial charge in [0.05, 0.1) is 0 Å². The second-order valence-electron chi connectivity index (χ2n) is 5.80. The normalized spacial score (nSPS) is 14.7. The van der Waals surface area contributed by atoms with Crippen molar-refractivity contribution in [2.24, 2.45) is 11.3 Å². The van der Waals surface area contributed by atoms with Crippen LogP contribution in [0.4, 0.5) is 17.6 Å². The smallest absolute Gasteiger partial charge is 0.340 e. The third kappa shape index (κ3) is 7.50. The van der Waals surface area contributed by atoms with Gasteiger partial charge in [0.15, 0.2) is 6.61 Å². The number of ether oxygens (including phenoxy) is 1. The lowest BCUT2D eigenvalue weighted by Crippen LogP contribution is -2.33. The van der Waals surface area contributed by atoms with E-state index in [1.807, 2.05) is 20.8 Å². The molecule has 6 heteroatoms. The van der Waals surface area contributed by atoms with Crippen LogP contribution in [0.15, 0.2) is 0 Å². The van der Waals surface area contributed by atoms with Crippen LogP contribution in [0.1, 0.15) is 40.5 Å². The molecule has 0 saturated heterocycles. The van der Waals surface area contributed by atoms with Gasteiger partial charge in [-0.3, -0.25) is 4.79 Å². The number of esters is 1. The Hall–Kier alpha value is -0.810.